The summed E-state index contributed by atoms with van der Waals surface area (Å²) >= 11 is 0.416. The fourth-order valence-electron chi connectivity index (χ4n) is 0. The molecule has 0 rings (SSSR count). The van der Waals surface area contributed by atoms with E-state index in [4.69, 9.17) is 7.57 Å². The van der Waals surface area contributed by atoms with E-state index < -0.39 is 0 Å². The first-order valence-corrected chi connectivity index (χ1v) is 7.20. The average molecular weight is 185 g/mol. The van der Waals surface area contributed by atoms with Crippen LogP contribution in [0.15, 0.2) is 0 Å². The van der Waals surface area contributed by atoms with E-state index in [-0.39, 0.29) is 0 Å². The zero-order valence-corrected chi connectivity index (χ0v) is 5.61. The number of rotatable bonds is 1. The van der Waals surface area contributed by atoms with E-state index in [1.54, 1.807) is 0 Å². The molecule has 0 saturated heterocycles. The standard InChI is InChI=1S/CH4BIP/c1-3-4-2/h4H,1H3/q-1. The maximum atomic E-state index is 5.10. The molecule has 0 N–H and O–H groups in total. The second-order valence-corrected chi connectivity index (χ2v) is 6.00. The van der Waals surface area contributed by atoms with E-state index in [1.165, 1.54) is 0 Å². The van der Waals surface area contributed by atoms with Crippen molar-refractivity contribution in [1.82, 2.24) is 0 Å². The number of halogens is 1. The maximum absolute atomic E-state index is 5.10. The molecule has 4 heavy (non-hydrogen) atoms. The molecule has 0 nitrogen and oxygen atoms in total. The Labute approximate surface area is 39.5 Å². The Bertz CT molecular complexity index is 10.0. The van der Waals surface area contributed by atoms with Crippen LogP contribution < -0.4 is 20.7 Å². The van der Waals surface area contributed by atoms with Gasteiger partial charge in [0.05, 0.1) is 0 Å². The molecule has 0 heterocycles. The van der Waals surface area contributed by atoms with Crippen LogP contribution in [0.3, 0.4) is 0 Å². The molecule has 0 aromatic rings. The topological polar surface area (TPSA) is 0 Å². The second kappa shape index (κ2) is 4.22. The van der Waals surface area contributed by atoms with Crippen LogP contribution in [-0.4, -0.2) is 12.5 Å². The van der Waals surface area contributed by atoms with Gasteiger partial charge in [0, 0.05) is 0 Å². The number of hydrogen-bond acceptors (Lipinski definition) is 0. The van der Waals surface area contributed by atoms with E-state index in [0.717, 1.165) is 6.10 Å². The van der Waals surface area contributed by atoms with Crippen molar-refractivity contribution in [3.05, 3.63) is 0 Å². The molecule has 2 radical (unpaired) electrons. The van der Waals surface area contributed by atoms with Gasteiger partial charge in [-0.2, -0.15) is 0 Å². The third kappa shape index (κ3) is 3.22. The Hall–Kier alpha value is 1.22. The van der Waals surface area contributed by atoms with Gasteiger partial charge in [-0.1, -0.05) is 0 Å². The van der Waals surface area contributed by atoms with Crippen LogP contribution in [0.2, 0.25) is 0 Å². The van der Waals surface area contributed by atoms with Gasteiger partial charge in [-0.25, -0.2) is 0 Å². The van der Waals surface area contributed by atoms with Gasteiger partial charge < -0.3 is 0 Å². The Balaban J connectivity index is 1.97. The molecule has 0 spiro atoms. The zero-order chi connectivity index (χ0) is 3.41. The molecule has 0 fully saturated rings. The Morgan fingerprint density at radius 2 is 2.25 bits per heavy atom. The van der Waals surface area contributed by atoms with Gasteiger partial charge >= 0.3 is 39.3 Å². The molecular formula is CH4BIP-. The van der Waals surface area contributed by atoms with Crippen LogP contribution in [0.4, 0.5) is 0 Å². The van der Waals surface area contributed by atoms with Crippen molar-refractivity contribution < 1.29 is 20.7 Å². The monoisotopic (exact) mass is 185 g/mol. The summed E-state index contributed by atoms with van der Waals surface area (Å²) in [4.78, 5) is 2.18. The molecule has 0 aliphatic heterocycles. The summed E-state index contributed by atoms with van der Waals surface area (Å²) in [5.74, 6) is 0. The van der Waals surface area contributed by atoms with Gasteiger partial charge in [0.25, 0.3) is 0 Å². The SMILES string of the molecule is [B]P[I-]C. The van der Waals surface area contributed by atoms with Crippen molar-refractivity contribution >= 4 is 13.7 Å². The fraction of sp³-hybridized carbons (Fsp3) is 1.00. The molecule has 1 atom stereocenters. The molecule has 0 bridgehead atoms. The molecular weight excluding hydrogens is 181 g/mol. The molecule has 0 aliphatic carbocycles. The van der Waals surface area contributed by atoms with Crippen LogP contribution in [0, 0.1) is 0 Å². The minimum atomic E-state index is 0.416. The third-order valence-corrected chi connectivity index (χ3v) is 2.20. The average Bonchev–Trinajstić information content (AvgIpc) is 1.37. The van der Waals surface area contributed by atoms with Gasteiger partial charge in [-0.3, -0.25) is 0 Å². The van der Waals surface area contributed by atoms with E-state index in [0.29, 0.717) is 20.7 Å². The molecule has 0 aromatic carbocycles. The van der Waals surface area contributed by atoms with Crippen molar-refractivity contribution in [3.63, 3.8) is 0 Å². The zero-order valence-electron chi connectivity index (χ0n) is 2.46. The minimum absolute atomic E-state index is 0.416. The van der Waals surface area contributed by atoms with Crippen molar-refractivity contribution in [2.45, 2.75) is 0 Å². The van der Waals surface area contributed by atoms with Crippen LogP contribution in [-0.2, 0) is 0 Å². The van der Waals surface area contributed by atoms with E-state index in [1.807, 2.05) is 0 Å². The fourth-order valence-corrected chi connectivity index (χ4v) is 0. The predicted octanol–water partition coefficient (Wildman–Crippen LogP) is -2.62. The molecule has 1 unspecified atom stereocenters. The third-order valence-electron chi connectivity index (χ3n) is 0.109. The second-order valence-electron chi connectivity index (χ2n) is 0.298. The number of hydrogen-bond donors (Lipinski definition) is 0. The van der Waals surface area contributed by atoms with Crippen LogP contribution in [0.25, 0.3) is 0 Å². The Morgan fingerprint density at radius 3 is 2.25 bits per heavy atom. The van der Waals surface area contributed by atoms with E-state index >= 15 is 0 Å². The summed E-state index contributed by atoms with van der Waals surface area (Å²) in [5, 5.41) is 0. The molecule has 0 aliphatic rings. The van der Waals surface area contributed by atoms with Crippen LogP contribution in [0.5, 0.6) is 0 Å². The van der Waals surface area contributed by atoms with E-state index in [9.17, 15) is 0 Å². The van der Waals surface area contributed by atoms with Crippen LogP contribution >= 0.6 is 6.10 Å². The summed E-state index contributed by atoms with van der Waals surface area (Å²) in [5.41, 5.74) is 0. The molecule has 0 aromatic heterocycles. The van der Waals surface area contributed by atoms with Crippen LogP contribution in [0.1, 0.15) is 0 Å². The molecule has 0 amide bonds. The molecule has 3 heteroatoms. The van der Waals surface area contributed by atoms with Gasteiger partial charge in [0.15, 0.2) is 0 Å². The van der Waals surface area contributed by atoms with Gasteiger partial charge in [-0.15, -0.1) is 0 Å². The number of alkyl halides is 1. The van der Waals surface area contributed by atoms with Gasteiger partial charge in [-0.05, 0) is 0 Å². The first-order chi connectivity index (χ1) is 1.91. The van der Waals surface area contributed by atoms with Gasteiger partial charge in [0.2, 0.25) is 0 Å². The summed E-state index contributed by atoms with van der Waals surface area (Å²) < 4.78 is 0. The quantitative estimate of drug-likeness (QED) is 0.181. The molecule has 24 valence electrons. The Kier molecular flexibility index (Phi) is 5.52. The van der Waals surface area contributed by atoms with Crippen molar-refractivity contribution in [2.75, 3.05) is 4.93 Å². The Morgan fingerprint density at radius 1 is 2.00 bits per heavy atom. The molecule has 0 saturated carbocycles. The van der Waals surface area contributed by atoms with Crippen molar-refractivity contribution in [2.24, 2.45) is 0 Å². The predicted molar refractivity (Wildman–Crippen MR) is 20.0 cm³/mol. The first-order valence-electron chi connectivity index (χ1n) is 0.856. The summed E-state index contributed by atoms with van der Waals surface area (Å²) in [6.07, 6.45) is 0.750. The van der Waals surface area contributed by atoms with Crippen molar-refractivity contribution in [3.8, 4) is 0 Å². The first kappa shape index (κ1) is 5.22. The van der Waals surface area contributed by atoms with E-state index in [2.05, 4.69) is 4.93 Å². The summed E-state index contributed by atoms with van der Waals surface area (Å²) in [6.45, 7) is 0. The van der Waals surface area contributed by atoms with Crippen molar-refractivity contribution in [1.29, 1.82) is 0 Å². The summed E-state index contributed by atoms with van der Waals surface area (Å²) in [7, 11) is 5.10. The van der Waals surface area contributed by atoms with Gasteiger partial charge in [0.1, 0.15) is 0 Å². The normalized spacial score (nSPS) is 11.2. The summed E-state index contributed by atoms with van der Waals surface area (Å²) in [6, 6.07) is 0.